The molecule has 88 valence electrons. The molecule has 1 aromatic rings. The van der Waals surface area contributed by atoms with Gasteiger partial charge < -0.3 is 9.84 Å². The molecule has 0 radical (unpaired) electrons. The molecule has 1 N–H and O–H groups in total. The lowest BCUT2D eigenvalue weighted by atomic mass is 9.80. The van der Waals surface area contributed by atoms with E-state index in [-0.39, 0.29) is 11.7 Å². The highest BCUT2D eigenvalue weighted by Crippen LogP contribution is 2.39. The van der Waals surface area contributed by atoms with Crippen LogP contribution in [0.15, 0.2) is 24.3 Å². The lowest BCUT2D eigenvalue weighted by molar-refractivity contribution is -0.00500. The van der Waals surface area contributed by atoms with Crippen LogP contribution in [-0.4, -0.2) is 18.3 Å². The molecule has 0 amide bonds. The third-order valence-electron chi connectivity index (χ3n) is 3.42. The molecule has 1 unspecified atom stereocenters. The van der Waals surface area contributed by atoms with Crippen molar-refractivity contribution in [3.8, 4) is 5.75 Å². The standard InChI is InChI=1S/C13H17FO2/c1-13(14,11-6-8-16-9-7-11)10-2-4-12(15)5-3-10/h2-5,11,15H,6-9H2,1H3. The maximum atomic E-state index is 14.7. The van der Waals surface area contributed by atoms with E-state index in [0.717, 1.165) is 12.8 Å². The second kappa shape index (κ2) is 4.42. The van der Waals surface area contributed by atoms with Gasteiger partial charge in [0.2, 0.25) is 0 Å². The summed E-state index contributed by atoms with van der Waals surface area (Å²) in [7, 11) is 0. The average molecular weight is 224 g/mol. The zero-order valence-electron chi connectivity index (χ0n) is 9.45. The summed E-state index contributed by atoms with van der Waals surface area (Å²) in [5.74, 6) is 0.178. The van der Waals surface area contributed by atoms with E-state index in [4.69, 9.17) is 4.74 Å². The second-order valence-corrected chi connectivity index (χ2v) is 4.51. The van der Waals surface area contributed by atoms with Gasteiger partial charge in [-0.1, -0.05) is 12.1 Å². The maximum Gasteiger partial charge on any atom is 0.136 e. The Morgan fingerprint density at radius 2 is 1.81 bits per heavy atom. The molecule has 1 aromatic carbocycles. The molecule has 0 bridgehead atoms. The number of hydrogen-bond acceptors (Lipinski definition) is 2. The number of aromatic hydroxyl groups is 1. The summed E-state index contributed by atoms with van der Waals surface area (Å²) in [6.07, 6.45) is 1.52. The average Bonchev–Trinajstić information content (AvgIpc) is 2.31. The number of hydrogen-bond donors (Lipinski definition) is 1. The summed E-state index contributed by atoms with van der Waals surface area (Å²) < 4.78 is 19.9. The summed E-state index contributed by atoms with van der Waals surface area (Å²) in [5.41, 5.74) is -0.700. The normalized spacial score (nSPS) is 21.6. The summed E-state index contributed by atoms with van der Waals surface area (Å²) in [4.78, 5) is 0. The first-order valence-corrected chi connectivity index (χ1v) is 5.67. The van der Waals surface area contributed by atoms with Gasteiger partial charge in [-0.3, -0.25) is 0 Å². The molecule has 0 aromatic heterocycles. The van der Waals surface area contributed by atoms with Crippen LogP contribution in [0.25, 0.3) is 0 Å². The van der Waals surface area contributed by atoms with Crippen molar-refractivity contribution in [2.24, 2.45) is 5.92 Å². The molecular weight excluding hydrogens is 207 g/mol. The van der Waals surface area contributed by atoms with E-state index in [1.807, 2.05) is 0 Å². The Hall–Kier alpha value is -1.09. The highest BCUT2D eigenvalue weighted by atomic mass is 19.1. The molecule has 1 heterocycles. The lowest BCUT2D eigenvalue weighted by Gasteiger charge is -2.33. The number of ether oxygens (including phenoxy) is 1. The molecule has 2 rings (SSSR count). The predicted molar refractivity (Wildman–Crippen MR) is 60.1 cm³/mol. The quantitative estimate of drug-likeness (QED) is 0.836. The van der Waals surface area contributed by atoms with E-state index < -0.39 is 5.67 Å². The van der Waals surface area contributed by atoms with Gasteiger partial charge in [0.25, 0.3) is 0 Å². The molecule has 1 aliphatic heterocycles. The van der Waals surface area contributed by atoms with Crippen LogP contribution in [0.2, 0.25) is 0 Å². The van der Waals surface area contributed by atoms with Gasteiger partial charge >= 0.3 is 0 Å². The first-order valence-electron chi connectivity index (χ1n) is 5.67. The fourth-order valence-corrected chi connectivity index (χ4v) is 2.26. The Balaban J connectivity index is 2.19. The summed E-state index contributed by atoms with van der Waals surface area (Å²) >= 11 is 0. The van der Waals surface area contributed by atoms with Gasteiger partial charge in [0.15, 0.2) is 0 Å². The Morgan fingerprint density at radius 1 is 1.25 bits per heavy atom. The zero-order chi connectivity index (χ0) is 11.6. The topological polar surface area (TPSA) is 29.5 Å². The third kappa shape index (κ3) is 2.19. The predicted octanol–water partition coefficient (Wildman–Crippen LogP) is 3.00. The summed E-state index contributed by atoms with van der Waals surface area (Å²) in [5, 5.41) is 9.19. The molecule has 2 nitrogen and oxygen atoms in total. The monoisotopic (exact) mass is 224 g/mol. The van der Waals surface area contributed by atoms with Crippen LogP contribution in [-0.2, 0) is 10.4 Å². The van der Waals surface area contributed by atoms with Crippen molar-refractivity contribution in [3.63, 3.8) is 0 Å². The van der Waals surface area contributed by atoms with Crippen molar-refractivity contribution >= 4 is 0 Å². The fourth-order valence-electron chi connectivity index (χ4n) is 2.26. The number of alkyl halides is 1. The van der Waals surface area contributed by atoms with Crippen LogP contribution < -0.4 is 0 Å². The molecule has 0 spiro atoms. The van der Waals surface area contributed by atoms with Gasteiger partial charge in [0, 0.05) is 19.1 Å². The molecule has 16 heavy (non-hydrogen) atoms. The second-order valence-electron chi connectivity index (χ2n) is 4.51. The molecule has 1 saturated heterocycles. The zero-order valence-corrected chi connectivity index (χ0v) is 9.45. The first kappa shape index (κ1) is 11.4. The van der Waals surface area contributed by atoms with Crippen molar-refractivity contribution in [1.82, 2.24) is 0 Å². The molecule has 1 fully saturated rings. The third-order valence-corrected chi connectivity index (χ3v) is 3.42. The SMILES string of the molecule is CC(F)(c1ccc(O)cc1)C1CCOCC1. The summed E-state index contributed by atoms with van der Waals surface area (Å²) in [6, 6.07) is 6.38. The Bertz CT molecular complexity index is 339. The van der Waals surface area contributed by atoms with Crippen molar-refractivity contribution < 1.29 is 14.2 Å². The minimum Gasteiger partial charge on any atom is -0.508 e. The number of benzene rings is 1. The Labute approximate surface area is 95.1 Å². The van der Waals surface area contributed by atoms with E-state index in [1.54, 1.807) is 19.1 Å². The molecular formula is C13H17FO2. The number of phenolic OH excluding ortho intramolecular Hbond substituents is 1. The molecule has 1 atom stereocenters. The molecule has 0 aliphatic carbocycles. The highest BCUT2D eigenvalue weighted by Gasteiger charge is 2.36. The van der Waals surface area contributed by atoms with Gasteiger partial charge in [-0.25, -0.2) is 4.39 Å². The van der Waals surface area contributed by atoms with Gasteiger partial charge in [-0.05, 0) is 37.5 Å². The van der Waals surface area contributed by atoms with Crippen LogP contribution in [0.1, 0.15) is 25.3 Å². The van der Waals surface area contributed by atoms with Crippen molar-refractivity contribution in [2.45, 2.75) is 25.4 Å². The van der Waals surface area contributed by atoms with E-state index in [2.05, 4.69) is 0 Å². The van der Waals surface area contributed by atoms with Crippen molar-refractivity contribution in [1.29, 1.82) is 0 Å². The fraction of sp³-hybridized carbons (Fsp3) is 0.538. The minimum atomic E-state index is -1.34. The number of rotatable bonds is 2. The van der Waals surface area contributed by atoms with E-state index in [1.165, 1.54) is 12.1 Å². The minimum absolute atomic E-state index is 0.00536. The van der Waals surface area contributed by atoms with Gasteiger partial charge in [0.05, 0.1) is 0 Å². The maximum absolute atomic E-state index is 14.7. The smallest absolute Gasteiger partial charge is 0.136 e. The lowest BCUT2D eigenvalue weighted by Crippen LogP contribution is -2.32. The van der Waals surface area contributed by atoms with Gasteiger partial charge in [0.1, 0.15) is 11.4 Å². The Kier molecular flexibility index (Phi) is 3.15. The number of halogens is 1. The Morgan fingerprint density at radius 3 is 2.38 bits per heavy atom. The van der Waals surface area contributed by atoms with E-state index in [9.17, 15) is 9.50 Å². The van der Waals surface area contributed by atoms with Gasteiger partial charge in [-0.15, -0.1) is 0 Å². The largest absolute Gasteiger partial charge is 0.508 e. The van der Waals surface area contributed by atoms with Crippen LogP contribution in [0.3, 0.4) is 0 Å². The molecule has 3 heteroatoms. The highest BCUT2D eigenvalue weighted by molar-refractivity contribution is 5.30. The number of phenols is 1. The van der Waals surface area contributed by atoms with E-state index in [0.29, 0.717) is 18.8 Å². The molecule has 0 saturated carbocycles. The van der Waals surface area contributed by atoms with Crippen LogP contribution >= 0.6 is 0 Å². The van der Waals surface area contributed by atoms with Crippen LogP contribution in [0.5, 0.6) is 5.75 Å². The van der Waals surface area contributed by atoms with Crippen LogP contribution in [0.4, 0.5) is 4.39 Å². The van der Waals surface area contributed by atoms with E-state index >= 15 is 0 Å². The van der Waals surface area contributed by atoms with Crippen molar-refractivity contribution in [3.05, 3.63) is 29.8 Å². The van der Waals surface area contributed by atoms with Gasteiger partial charge in [-0.2, -0.15) is 0 Å². The molecule has 1 aliphatic rings. The van der Waals surface area contributed by atoms with Crippen LogP contribution in [0, 0.1) is 5.92 Å². The van der Waals surface area contributed by atoms with Crippen molar-refractivity contribution in [2.75, 3.05) is 13.2 Å². The first-order chi connectivity index (χ1) is 7.60. The summed E-state index contributed by atoms with van der Waals surface area (Å²) in [6.45, 7) is 2.90.